The molecule has 0 fully saturated rings. The van der Waals surface area contributed by atoms with Crippen LogP contribution in [0, 0.1) is 6.92 Å². The number of carbonyl (C=O) groups is 2. The van der Waals surface area contributed by atoms with Crippen molar-refractivity contribution in [2.75, 3.05) is 6.61 Å². The van der Waals surface area contributed by atoms with Crippen molar-refractivity contribution in [3.05, 3.63) is 93.5 Å². The third-order valence-corrected chi connectivity index (χ3v) is 4.95. The lowest BCUT2D eigenvalue weighted by Crippen LogP contribution is -2.18. The van der Waals surface area contributed by atoms with Crippen LogP contribution in [0.3, 0.4) is 0 Å². The molecule has 0 saturated carbocycles. The molecule has 0 heterocycles. The van der Waals surface area contributed by atoms with Gasteiger partial charge in [-0.2, -0.15) is 5.10 Å². The fourth-order valence-electron chi connectivity index (χ4n) is 2.68. The Balaban J connectivity index is 1.71. The third kappa shape index (κ3) is 6.02. The van der Waals surface area contributed by atoms with Gasteiger partial charge in [-0.3, -0.25) is 4.79 Å². The van der Waals surface area contributed by atoms with Gasteiger partial charge in [0.05, 0.1) is 23.9 Å². The summed E-state index contributed by atoms with van der Waals surface area (Å²) in [5.74, 6) is -0.0913. The molecule has 0 atom stereocenters. The molecule has 7 heteroatoms. The minimum absolute atomic E-state index is 0.307. The Kier molecular flexibility index (Phi) is 7.56. The summed E-state index contributed by atoms with van der Waals surface area (Å²) in [7, 11) is 0. The molecular formula is C24H21BrN2O4. The van der Waals surface area contributed by atoms with Crippen molar-refractivity contribution in [3.63, 3.8) is 0 Å². The van der Waals surface area contributed by atoms with Crippen LogP contribution in [0.1, 0.15) is 38.8 Å². The highest BCUT2D eigenvalue weighted by Gasteiger charge is 2.13. The van der Waals surface area contributed by atoms with Crippen molar-refractivity contribution in [1.29, 1.82) is 0 Å². The van der Waals surface area contributed by atoms with Crippen LogP contribution < -0.4 is 14.9 Å². The largest absolute Gasteiger partial charge is 0.490 e. The number of hydrogen-bond donors (Lipinski definition) is 1. The number of carbonyl (C=O) groups excluding carboxylic acids is 2. The summed E-state index contributed by atoms with van der Waals surface area (Å²) in [6.45, 7) is 4.18. The van der Waals surface area contributed by atoms with Crippen LogP contribution in [0.25, 0.3) is 0 Å². The molecule has 0 aliphatic carbocycles. The number of hydrazone groups is 1. The molecule has 0 aliphatic heterocycles. The Morgan fingerprint density at radius 1 is 1.03 bits per heavy atom. The van der Waals surface area contributed by atoms with Crippen molar-refractivity contribution in [1.82, 2.24) is 5.43 Å². The lowest BCUT2D eigenvalue weighted by Gasteiger charge is -2.11. The normalized spacial score (nSPS) is 10.7. The zero-order valence-corrected chi connectivity index (χ0v) is 18.7. The molecule has 0 radical (unpaired) electrons. The van der Waals surface area contributed by atoms with E-state index in [1.54, 1.807) is 48.5 Å². The van der Waals surface area contributed by atoms with Crippen molar-refractivity contribution >= 4 is 34.0 Å². The number of hydrogen-bond acceptors (Lipinski definition) is 5. The minimum atomic E-state index is -0.469. The van der Waals surface area contributed by atoms with Gasteiger partial charge in [0.2, 0.25) is 0 Å². The summed E-state index contributed by atoms with van der Waals surface area (Å²) in [4.78, 5) is 24.6. The van der Waals surface area contributed by atoms with E-state index in [1.165, 1.54) is 6.21 Å². The average Bonchev–Trinajstić information content (AvgIpc) is 2.76. The van der Waals surface area contributed by atoms with E-state index in [9.17, 15) is 9.59 Å². The molecule has 3 rings (SSSR count). The van der Waals surface area contributed by atoms with Crippen molar-refractivity contribution in [2.24, 2.45) is 5.10 Å². The molecule has 1 amide bonds. The molecule has 31 heavy (non-hydrogen) atoms. The minimum Gasteiger partial charge on any atom is -0.490 e. The first kappa shape index (κ1) is 22.2. The first-order valence-corrected chi connectivity index (χ1v) is 10.4. The molecule has 0 saturated heterocycles. The second-order valence-electron chi connectivity index (χ2n) is 6.57. The number of nitrogens with zero attached hydrogens (tertiary/aromatic N) is 1. The molecule has 3 aromatic carbocycles. The van der Waals surface area contributed by atoms with Crippen LogP contribution in [0.5, 0.6) is 11.5 Å². The van der Waals surface area contributed by atoms with Gasteiger partial charge in [-0.25, -0.2) is 10.2 Å². The molecular weight excluding hydrogens is 460 g/mol. The average molecular weight is 481 g/mol. The predicted molar refractivity (Wildman–Crippen MR) is 123 cm³/mol. The zero-order valence-electron chi connectivity index (χ0n) is 17.1. The smallest absolute Gasteiger partial charge is 0.343 e. The molecule has 0 spiro atoms. The second kappa shape index (κ2) is 10.5. The number of aryl methyl sites for hydroxylation is 1. The number of esters is 1. The molecule has 158 valence electrons. The number of halogens is 1. The Labute approximate surface area is 189 Å². The summed E-state index contributed by atoms with van der Waals surface area (Å²) in [6.07, 6.45) is 1.49. The molecule has 3 aromatic rings. The van der Waals surface area contributed by atoms with E-state index in [2.05, 4.69) is 26.5 Å². The molecule has 1 N–H and O–H groups in total. The van der Waals surface area contributed by atoms with Crippen LogP contribution in [-0.2, 0) is 0 Å². The van der Waals surface area contributed by atoms with E-state index in [4.69, 9.17) is 9.47 Å². The van der Waals surface area contributed by atoms with Crippen LogP contribution in [-0.4, -0.2) is 24.7 Å². The van der Waals surface area contributed by atoms with E-state index in [0.717, 1.165) is 5.56 Å². The van der Waals surface area contributed by atoms with Crippen LogP contribution in [0.2, 0.25) is 0 Å². The monoisotopic (exact) mass is 480 g/mol. The highest BCUT2D eigenvalue weighted by atomic mass is 79.9. The number of rotatable bonds is 7. The molecule has 0 aromatic heterocycles. The fraction of sp³-hybridized carbons (Fsp3) is 0.125. The summed E-state index contributed by atoms with van der Waals surface area (Å²) in [5.41, 5.74) is 5.15. The maximum absolute atomic E-state index is 12.4. The number of ether oxygens (including phenoxy) is 2. The molecule has 0 aliphatic rings. The Bertz CT molecular complexity index is 1110. The number of benzene rings is 3. The van der Waals surface area contributed by atoms with Crippen molar-refractivity contribution < 1.29 is 19.1 Å². The van der Waals surface area contributed by atoms with Crippen LogP contribution in [0.4, 0.5) is 0 Å². The van der Waals surface area contributed by atoms with Crippen LogP contribution >= 0.6 is 15.9 Å². The maximum Gasteiger partial charge on any atom is 0.343 e. The molecule has 0 bridgehead atoms. The lowest BCUT2D eigenvalue weighted by atomic mass is 10.1. The predicted octanol–water partition coefficient (Wildman–Crippen LogP) is 5.14. The van der Waals surface area contributed by atoms with Crippen LogP contribution in [0.15, 0.2) is 76.3 Å². The standard InChI is InChI=1S/C24H21BrN2O4/c1-3-30-22-14-17(15-26-27-23(28)19-6-4-5-7-20(19)25)10-13-21(22)31-24(29)18-11-8-16(2)9-12-18/h4-15H,3H2,1-2H3,(H,27,28). The van der Waals surface area contributed by atoms with Gasteiger partial charge in [0.1, 0.15) is 0 Å². The summed E-state index contributed by atoms with van der Waals surface area (Å²) in [6, 6.07) is 19.2. The van der Waals surface area contributed by atoms with Gasteiger partial charge in [0.15, 0.2) is 11.5 Å². The van der Waals surface area contributed by atoms with E-state index >= 15 is 0 Å². The maximum atomic E-state index is 12.4. The van der Waals surface area contributed by atoms with Gasteiger partial charge in [-0.1, -0.05) is 29.8 Å². The highest BCUT2D eigenvalue weighted by Crippen LogP contribution is 2.29. The second-order valence-corrected chi connectivity index (χ2v) is 7.43. The summed E-state index contributed by atoms with van der Waals surface area (Å²) < 4.78 is 11.8. The SMILES string of the molecule is CCOc1cc(C=NNC(=O)c2ccccc2Br)ccc1OC(=O)c1ccc(C)cc1. The zero-order chi connectivity index (χ0) is 22.2. The summed E-state index contributed by atoms with van der Waals surface area (Å²) in [5, 5.41) is 4.00. The van der Waals surface area contributed by atoms with E-state index in [1.807, 2.05) is 32.0 Å². The summed E-state index contributed by atoms with van der Waals surface area (Å²) >= 11 is 3.34. The van der Waals surface area contributed by atoms with Gasteiger partial charge in [-0.05, 0) is 77.8 Å². The Hall–Kier alpha value is -3.45. The molecule has 6 nitrogen and oxygen atoms in total. The van der Waals surface area contributed by atoms with Gasteiger partial charge in [0, 0.05) is 4.47 Å². The molecule has 0 unspecified atom stereocenters. The lowest BCUT2D eigenvalue weighted by molar-refractivity contribution is 0.0728. The first-order valence-electron chi connectivity index (χ1n) is 9.61. The van der Waals surface area contributed by atoms with Crippen molar-refractivity contribution in [2.45, 2.75) is 13.8 Å². The van der Waals surface area contributed by atoms with Gasteiger partial charge in [-0.15, -0.1) is 0 Å². The van der Waals surface area contributed by atoms with Gasteiger partial charge in [0.25, 0.3) is 5.91 Å². The highest BCUT2D eigenvalue weighted by molar-refractivity contribution is 9.10. The quantitative estimate of drug-likeness (QED) is 0.220. The fourth-order valence-corrected chi connectivity index (χ4v) is 3.14. The Morgan fingerprint density at radius 2 is 1.77 bits per heavy atom. The first-order chi connectivity index (χ1) is 15.0. The van der Waals surface area contributed by atoms with E-state index in [0.29, 0.717) is 39.3 Å². The van der Waals surface area contributed by atoms with Gasteiger partial charge < -0.3 is 9.47 Å². The van der Waals surface area contributed by atoms with Gasteiger partial charge >= 0.3 is 5.97 Å². The van der Waals surface area contributed by atoms with E-state index < -0.39 is 5.97 Å². The van der Waals surface area contributed by atoms with Crippen molar-refractivity contribution in [3.8, 4) is 11.5 Å². The van der Waals surface area contributed by atoms with E-state index in [-0.39, 0.29) is 5.91 Å². The Morgan fingerprint density at radius 3 is 2.48 bits per heavy atom. The number of nitrogens with one attached hydrogen (secondary N) is 1. The third-order valence-electron chi connectivity index (χ3n) is 4.26. The topological polar surface area (TPSA) is 77.0 Å². The number of amides is 1.